The van der Waals surface area contributed by atoms with Crippen LogP contribution in [0.5, 0.6) is 0 Å². The van der Waals surface area contributed by atoms with Gasteiger partial charge in [-0.2, -0.15) is 26.3 Å². The van der Waals surface area contributed by atoms with Crippen LogP contribution >= 0.6 is 0 Å². The Kier molecular flexibility index (Phi) is 6.11. The van der Waals surface area contributed by atoms with Crippen molar-refractivity contribution < 1.29 is 49.8 Å². The Bertz CT molecular complexity index is 989. The monoisotopic (exact) mass is 469 g/mol. The van der Waals surface area contributed by atoms with Crippen LogP contribution in [0.1, 0.15) is 28.7 Å². The quantitative estimate of drug-likeness (QED) is 0.610. The second kappa shape index (κ2) is 8.23. The fourth-order valence-corrected chi connectivity index (χ4v) is 3.47. The molecule has 1 amide bonds. The van der Waals surface area contributed by atoms with E-state index in [0.717, 1.165) is 23.1 Å². The zero-order chi connectivity index (χ0) is 23.9. The molecule has 1 N–H and O–H groups in total. The summed E-state index contributed by atoms with van der Waals surface area (Å²) < 4.78 is 111. The van der Waals surface area contributed by atoms with Gasteiger partial charge in [0.25, 0.3) is 0 Å². The van der Waals surface area contributed by atoms with Crippen molar-refractivity contribution >= 4 is 6.09 Å². The highest BCUT2D eigenvalue weighted by atomic mass is 19.4. The predicted molar refractivity (Wildman–Crippen MR) is 93.1 cm³/mol. The first kappa shape index (κ1) is 23.8. The van der Waals surface area contributed by atoms with Gasteiger partial charge in [-0.3, -0.25) is 4.90 Å². The highest BCUT2D eigenvalue weighted by molar-refractivity contribution is 5.71. The van der Waals surface area contributed by atoms with E-state index in [1.807, 2.05) is 0 Å². The average Bonchev–Trinajstić information content (AvgIpc) is 2.99. The summed E-state index contributed by atoms with van der Waals surface area (Å²) in [6.45, 7) is -1.65. The molecule has 12 heteroatoms. The van der Waals surface area contributed by atoms with Crippen molar-refractivity contribution in [3.05, 3.63) is 70.3 Å². The standard InChI is InChI=1S/C20H15F8NO3/c21-15-2-1-12(8-16(15)22)18(3-4-30)10-29(17(31)32-18)9-11-5-13(19(23,24)25)7-14(6-11)20(26,27)28/h1-2,5-8,30H,3-4,9-10H2. The van der Waals surface area contributed by atoms with Gasteiger partial charge in [0.2, 0.25) is 0 Å². The molecule has 3 rings (SSSR count). The van der Waals surface area contributed by atoms with Gasteiger partial charge in [0.05, 0.1) is 17.7 Å². The first-order valence-electron chi connectivity index (χ1n) is 9.08. The zero-order valence-corrected chi connectivity index (χ0v) is 16.0. The van der Waals surface area contributed by atoms with Crippen molar-refractivity contribution in [1.29, 1.82) is 0 Å². The third kappa shape index (κ3) is 4.79. The third-order valence-corrected chi connectivity index (χ3v) is 4.97. The summed E-state index contributed by atoms with van der Waals surface area (Å²) in [5, 5.41) is 9.36. The van der Waals surface area contributed by atoms with Crippen LogP contribution in [-0.4, -0.2) is 29.3 Å². The number of hydrogen-bond acceptors (Lipinski definition) is 3. The molecule has 0 spiro atoms. The van der Waals surface area contributed by atoms with Gasteiger partial charge in [-0.25, -0.2) is 13.6 Å². The molecule has 4 nitrogen and oxygen atoms in total. The number of amides is 1. The van der Waals surface area contributed by atoms with Crippen LogP contribution in [0.15, 0.2) is 36.4 Å². The summed E-state index contributed by atoms with van der Waals surface area (Å²) >= 11 is 0. The van der Waals surface area contributed by atoms with Crippen molar-refractivity contribution in [1.82, 2.24) is 4.90 Å². The number of cyclic esters (lactones) is 1. The van der Waals surface area contributed by atoms with Crippen LogP contribution in [0.4, 0.5) is 39.9 Å². The lowest BCUT2D eigenvalue weighted by Gasteiger charge is -2.27. The van der Waals surface area contributed by atoms with Gasteiger partial charge in [0.15, 0.2) is 17.2 Å². The lowest BCUT2D eigenvalue weighted by molar-refractivity contribution is -0.143. The minimum absolute atomic E-state index is 0.0266. The maximum Gasteiger partial charge on any atom is 0.416 e. The van der Waals surface area contributed by atoms with Crippen molar-refractivity contribution in [2.45, 2.75) is 30.9 Å². The lowest BCUT2D eigenvalue weighted by atomic mass is 9.90. The van der Waals surface area contributed by atoms with Gasteiger partial charge in [0.1, 0.15) is 0 Å². The Morgan fingerprint density at radius 1 is 0.938 bits per heavy atom. The van der Waals surface area contributed by atoms with E-state index >= 15 is 0 Å². The molecule has 2 aromatic rings. The maximum atomic E-state index is 13.7. The molecule has 2 aromatic carbocycles. The van der Waals surface area contributed by atoms with E-state index in [0.29, 0.717) is 12.1 Å². The number of halogens is 8. The molecule has 1 unspecified atom stereocenters. The van der Waals surface area contributed by atoms with Gasteiger partial charge in [-0.1, -0.05) is 6.07 Å². The molecule has 0 aromatic heterocycles. The van der Waals surface area contributed by atoms with Gasteiger partial charge in [-0.15, -0.1) is 0 Å². The largest absolute Gasteiger partial charge is 0.436 e. The minimum Gasteiger partial charge on any atom is -0.436 e. The van der Waals surface area contributed by atoms with Crippen LogP contribution in [0.2, 0.25) is 0 Å². The summed E-state index contributed by atoms with van der Waals surface area (Å²) in [6, 6.07) is 3.54. The number of rotatable bonds is 5. The Morgan fingerprint density at radius 3 is 2.03 bits per heavy atom. The van der Waals surface area contributed by atoms with E-state index in [1.54, 1.807) is 0 Å². The molecule has 0 bridgehead atoms. The van der Waals surface area contributed by atoms with Crippen LogP contribution in [-0.2, 0) is 29.2 Å². The molecule has 1 saturated heterocycles. The summed E-state index contributed by atoms with van der Waals surface area (Å²) in [7, 11) is 0. The van der Waals surface area contributed by atoms with E-state index < -0.39 is 72.1 Å². The van der Waals surface area contributed by atoms with Gasteiger partial charge in [0, 0.05) is 25.1 Å². The fourth-order valence-electron chi connectivity index (χ4n) is 3.47. The lowest BCUT2D eigenvalue weighted by Crippen LogP contribution is -2.33. The molecule has 0 saturated carbocycles. The summed E-state index contributed by atoms with van der Waals surface area (Å²) in [5.74, 6) is -2.44. The molecule has 1 fully saturated rings. The smallest absolute Gasteiger partial charge is 0.416 e. The van der Waals surface area contributed by atoms with Gasteiger partial charge < -0.3 is 9.84 Å². The summed E-state index contributed by atoms with van der Waals surface area (Å²) in [5.41, 5.74) is -5.25. The molecule has 0 radical (unpaired) electrons. The van der Waals surface area contributed by atoms with Gasteiger partial charge in [-0.05, 0) is 35.9 Å². The van der Waals surface area contributed by atoms with E-state index in [4.69, 9.17) is 4.74 Å². The molecule has 1 heterocycles. The molecular weight excluding hydrogens is 454 g/mol. The van der Waals surface area contributed by atoms with E-state index in [2.05, 4.69) is 0 Å². The first-order valence-corrected chi connectivity index (χ1v) is 9.08. The number of carbonyl (C=O) groups is 1. The predicted octanol–water partition coefficient (Wildman–Crippen LogP) is 5.23. The minimum atomic E-state index is -5.06. The van der Waals surface area contributed by atoms with Crippen molar-refractivity contribution in [2.24, 2.45) is 0 Å². The molecule has 174 valence electrons. The number of hydrogen-bond donors (Lipinski definition) is 1. The van der Waals surface area contributed by atoms with Crippen LogP contribution in [0.3, 0.4) is 0 Å². The summed E-state index contributed by atoms with van der Waals surface area (Å²) in [4.78, 5) is 13.2. The molecule has 1 aliphatic rings. The van der Waals surface area contributed by atoms with E-state index in [1.165, 1.54) is 0 Å². The zero-order valence-electron chi connectivity index (χ0n) is 16.0. The number of carbonyl (C=O) groups excluding carboxylic acids is 1. The second-order valence-corrected chi connectivity index (χ2v) is 7.23. The second-order valence-electron chi connectivity index (χ2n) is 7.23. The maximum absolute atomic E-state index is 13.7. The number of alkyl halides is 6. The van der Waals surface area contributed by atoms with E-state index in [9.17, 15) is 45.0 Å². The number of nitrogens with zero attached hydrogens (tertiary/aromatic N) is 1. The molecular formula is C20H15F8NO3. The number of benzene rings is 2. The van der Waals surface area contributed by atoms with E-state index in [-0.39, 0.29) is 18.1 Å². The Morgan fingerprint density at radius 2 is 1.53 bits per heavy atom. The van der Waals surface area contributed by atoms with Crippen molar-refractivity contribution in [3.63, 3.8) is 0 Å². The van der Waals surface area contributed by atoms with Crippen LogP contribution in [0.25, 0.3) is 0 Å². The SMILES string of the molecule is O=C1OC(CCO)(c2ccc(F)c(F)c2)CN1Cc1cc(C(F)(F)F)cc(C(F)(F)F)c1. The molecule has 32 heavy (non-hydrogen) atoms. The topological polar surface area (TPSA) is 49.8 Å². The molecule has 1 aliphatic heterocycles. The highest BCUT2D eigenvalue weighted by Crippen LogP contribution is 2.39. The first-order chi connectivity index (χ1) is 14.7. The third-order valence-electron chi connectivity index (χ3n) is 4.97. The molecule has 0 aliphatic carbocycles. The number of aliphatic hydroxyl groups is 1. The molecule has 1 atom stereocenters. The van der Waals surface area contributed by atoms with Gasteiger partial charge >= 0.3 is 18.4 Å². The fraction of sp³-hybridized carbons (Fsp3) is 0.350. The van der Waals surface area contributed by atoms with Crippen molar-refractivity contribution in [2.75, 3.05) is 13.2 Å². The Balaban J connectivity index is 1.96. The average molecular weight is 469 g/mol. The van der Waals surface area contributed by atoms with Crippen LogP contribution in [0, 0.1) is 11.6 Å². The summed E-state index contributed by atoms with van der Waals surface area (Å²) in [6.07, 6.45) is -11.5. The Hall–Kier alpha value is -2.89. The number of ether oxygens (including phenoxy) is 1. The number of aliphatic hydroxyl groups excluding tert-OH is 1. The Labute approximate surface area is 176 Å². The highest BCUT2D eigenvalue weighted by Gasteiger charge is 2.47. The normalized spacial score (nSPS) is 19.4. The van der Waals surface area contributed by atoms with Crippen molar-refractivity contribution in [3.8, 4) is 0 Å². The van der Waals surface area contributed by atoms with Crippen LogP contribution < -0.4 is 0 Å².